The number of anilines is 1. The summed E-state index contributed by atoms with van der Waals surface area (Å²) in [5, 5.41) is 6.84. The van der Waals surface area contributed by atoms with Crippen molar-refractivity contribution in [3.63, 3.8) is 0 Å². The SMILES string of the molecule is CNCC1(c2ccc3c(c2)SCCN3)CCC1. The highest BCUT2D eigenvalue weighted by atomic mass is 32.2. The second-order valence-corrected chi connectivity index (χ2v) is 6.29. The smallest absolute Gasteiger partial charge is 0.0478 e. The van der Waals surface area contributed by atoms with Crippen LogP contribution in [0.1, 0.15) is 24.8 Å². The predicted octanol–water partition coefficient (Wildman–Crippen LogP) is 2.85. The zero-order valence-electron chi connectivity index (χ0n) is 10.4. The Bertz CT molecular complexity index is 413. The van der Waals surface area contributed by atoms with Crippen molar-refractivity contribution in [3.05, 3.63) is 23.8 Å². The number of thioether (sulfide) groups is 1. The molecule has 0 atom stereocenters. The van der Waals surface area contributed by atoms with E-state index in [2.05, 4.69) is 35.9 Å². The predicted molar refractivity (Wildman–Crippen MR) is 75.1 cm³/mol. The first kappa shape index (κ1) is 11.4. The maximum absolute atomic E-state index is 3.47. The highest BCUT2D eigenvalue weighted by Gasteiger charge is 2.38. The lowest BCUT2D eigenvalue weighted by molar-refractivity contribution is 0.238. The Balaban J connectivity index is 1.92. The molecule has 0 amide bonds. The van der Waals surface area contributed by atoms with E-state index in [1.807, 2.05) is 11.8 Å². The molecular weight excluding hydrogens is 228 g/mol. The molecule has 17 heavy (non-hydrogen) atoms. The van der Waals surface area contributed by atoms with Gasteiger partial charge in [-0.2, -0.15) is 0 Å². The monoisotopic (exact) mass is 248 g/mol. The number of rotatable bonds is 3. The molecule has 0 aromatic heterocycles. The van der Waals surface area contributed by atoms with E-state index >= 15 is 0 Å². The number of benzene rings is 1. The van der Waals surface area contributed by atoms with E-state index in [0.717, 1.165) is 13.1 Å². The lowest BCUT2D eigenvalue weighted by Crippen LogP contribution is -2.42. The Hall–Kier alpha value is -0.670. The molecule has 3 heteroatoms. The van der Waals surface area contributed by atoms with Crippen LogP contribution in [0.3, 0.4) is 0 Å². The Morgan fingerprint density at radius 2 is 2.29 bits per heavy atom. The molecule has 1 aliphatic carbocycles. The van der Waals surface area contributed by atoms with Gasteiger partial charge in [0, 0.05) is 34.8 Å². The third-order valence-corrected chi connectivity index (χ3v) is 5.15. The van der Waals surface area contributed by atoms with E-state index in [9.17, 15) is 0 Å². The van der Waals surface area contributed by atoms with Crippen LogP contribution in [0.2, 0.25) is 0 Å². The van der Waals surface area contributed by atoms with Gasteiger partial charge in [0.15, 0.2) is 0 Å². The first-order chi connectivity index (χ1) is 8.34. The molecule has 0 bridgehead atoms. The van der Waals surface area contributed by atoms with Gasteiger partial charge in [-0.05, 0) is 37.6 Å². The van der Waals surface area contributed by atoms with Crippen LogP contribution < -0.4 is 10.6 Å². The molecule has 0 saturated heterocycles. The summed E-state index contributed by atoms with van der Waals surface area (Å²) in [6.07, 6.45) is 4.06. The van der Waals surface area contributed by atoms with Crippen molar-refractivity contribution in [1.29, 1.82) is 0 Å². The summed E-state index contributed by atoms with van der Waals surface area (Å²) in [4.78, 5) is 1.44. The fourth-order valence-electron chi connectivity index (χ4n) is 2.97. The molecule has 2 aliphatic rings. The van der Waals surface area contributed by atoms with Crippen LogP contribution in [-0.4, -0.2) is 25.9 Å². The van der Waals surface area contributed by atoms with Crippen molar-refractivity contribution in [1.82, 2.24) is 5.32 Å². The molecule has 92 valence electrons. The fourth-order valence-corrected chi connectivity index (χ4v) is 3.90. The lowest BCUT2D eigenvalue weighted by atomic mass is 9.64. The van der Waals surface area contributed by atoms with E-state index in [1.165, 1.54) is 41.2 Å². The Kier molecular flexibility index (Phi) is 3.05. The highest BCUT2D eigenvalue weighted by molar-refractivity contribution is 7.99. The topological polar surface area (TPSA) is 24.1 Å². The molecule has 2 N–H and O–H groups in total. The summed E-state index contributed by atoms with van der Waals surface area (Å²) in [7, 11) is 2.06. The Labute approximate surface area is 108 Å². The van der Waals surface area contributed by atoms with Crippen molar-refractivity contribution in [3.8, 4) is 0 Å². The van der Waals surface area contributed by atoms with Crippen LogP contribution in [0.4, 0.5) is 5.69 Å². The number of fused-ring (bicyclic) bond motifs is 1. The quantitative estimate of drug-likeness (QED) is 0.860. The standard InChI is InChI=1S/C14H20N2S/c1-15-10-14(5-2-6-14)11-3-4-12-13(9-11)17-8-7-16-12/h3-4,9,15-16H,2,5-8,10H2,1H3. The first-order valence-corrected chi connectivity index (χ1v) is 7.48. The van der Waals surface area contributed by atoms with Crippen LogP contribution in [0, 0.1) is 0 Å². The van der Waals surface area contributed by atoms with Gasteiger partial charge < -0.3 is 10.6 Å². The number of likely N-dealkylation sites (N-methyl/N-ethyl adjacent to an activating group) is 1. The molecule has 1 saturated carbocycles. The van der Waals surface area contributed by atoms with E-state index in [0.29, 0.717) is 5.41 Å². The normalized spacial score (nSPS) is 21.2. The molecule has 1 fully saturated rings. The van der Waals surface area contributed by atoms with Crippen molar-refractivity contribution in [2.75, 3.05) is 31.2 Å². The largest absolute Gasteiger partial charge is 0.383 e. The van der Waals surface area contributed by atoms with Gasteiger partial charge in [-0.15, -0.1) is 11.8 Å². The van der Waals surface area contributed by atoms with Gasteiger partial charge in [-0.1, -0.05) is 12.5 Å². The number of hydrogen-bond acceptors (Lipinski definition) is 3. The lowest BCUT2D eigenvalue weighted by Gasteiger charge is -2.43. The summed E-state index contributed by atoms with van der Waals surface area (Å²) in [6.45, 7) is 2.21. The Morgan fingerprint density at radius 1 is 1.41 bits per heavy atom. The van der Waals surface area contributed by atoms with Crippen molar-refractivity contribution >= 4 is 17.4 Å². The van der Waals surface area contributed by atoms with Crippen molar-refractivity contribution in [2.24, 2.45) is 0 Å². The third-order valence-electron chi connectivity index (χ3n) is 4.09. The molecule has 1 aromatic carbocycles. The number of hydrogen-bond donors (Lipinski definition) is 2. The molecule has 0 spiro atoms. The zero-order valence-corrected chi connectivity index (χ0v) is 11.2. The van der Waals surface area contributed by atoms with Gasteiger partial charge in [-0.25, -0.2) is 0 Å². The van der Waals surface area contributed by atoms with Gasteiger partial charge >= 0.3 is 0 Å². The van der Waals surface area contributed by atoms with Gasteiger partial charge in [-0.3, -0.25) is 0 Å². The van der Waals surface area contributed by atoms with Gasteiger partial charge in [0.05, 0.1) is 0 Å². The molecule has 2 nitrogen and oxygen atoms in total. The summed E-state index contributed by atoms with van der Waals surface area (Å²) >= 11 is 1.99. The van der Waals surface area contributed by atoms with E-state index in [4.69, 9.17) is 0 Å². The van der Waals surface area contributed by atoms with Crippen molar-refractivity contribution in [2.45, 2.75) is 29.6 Å². The maximum Gasteiger partial charge on any atom is 0.0478 e. The summed E-state index contributed by atoms with van der Waals surface area (Å²) in [5.41, 5.74) is 3.28. The minimum absolute atomic E-state index is 0.418. The Morgan fingerprint density at radius 3 is 3.00 bits per heavy atom. The number of nitrogens with one attached hydrogen (secondary N) is 2. The molecule has 3 rings (SSSR count). The van der Waals surface area contributed by atoms with Crippen molar-refractivity contribution < 1.29 is 0 Å². The summed E-state index contributed by atoms with van der Waals surface area (Å²) < 4.78 is 0. The zero-order chi connectivity index (χ0) is 11.7. The molecule has 0 unspecified atom stereocenters. The van der Waals surface area contributed by atoms with E-state index in [1.54, 1.807) is 0 Å². The van der Waals surface area contributed by atoms with Crippen LogP contribution in [0.25, 0.3) is 0 Å². The van der Waals surface area contributed by atoms with Crippen LogP contribution in [-0.2, 0) is 5.41 Å². The van der Waals surface area contributed by atoms with E-state index in [-0.39, 0.29) is 0 Å². The summed E-state index contributed by atoms with van der Waals surface area (Å²) in [5.74, 6) is 1.19. The van der Waals surface area contributed by atoms with E-state index < -0.39 is 0 Å². The maximum atomic E-state index is 3.47. The van der Waals surface area contributed by atoms with Crippen LogP contribution in [0.15, 0.2) is 23.1 Å². The second-order valence-electron chi connectivity index (χ2n) is 5.15. The van der Waals surface area contributed by atoms with Gasteiger partial charge in [0.2, 0.25) is 0 Å². The van der Waals surface area contributed by atoms with Gasteiger partial charge in [0.25, 0.3) is 0 Å². The first-order valence-electron chi connectivity index (χ1n) is 6.50. The van der Waals surface area contributed by atoms with Crippen LogP contribution >= 0.6 is 11.8 Å². The highest BCUT2D eigenvalue weighted by Crippen LogP contribution is 2.45. The molecular formula is C14H20N2S. The molecule has 1 aromatic rings. The minimum Gasteiger partial charge on any atom is -0.383 e. The minimum atomic E-state index is 0.418. The summed E-state index contributed by atoms with van der Waals surface area (Å²) in [6, 6.07) is 7.02. The van der Waals surface area contributed by atoms with Gasteiger partial charge in [0.1, 0.15) is 0 Å². The average Bonchev–Trinajstić information content (AvgIpc) is 2.33. The molecule has 1 aliphatic heterocycles. The fraction of sp³-hybridized carbons (Fsp3) is 0.571. The molecule has 1 heterocycles. The second kappa shape index (κ2) is 4.54. The third kappa shape index (κ3) is 1.95. The van der Waals surface area contributed by atoms with Crippen LogP contribution in [0.5, 0.6) is 0 Å². The molecule has 0 radical (unpaired) electrons. The average molecular weight is 248 g/mol.